The maximum absolute atomic E-state index is 13.6. The Morgan fingerprint density at radius 2 is 1.97 bits per heavy atom. The van der Waals surface area contributed by atoms with Crippen LogP contribution in [0.1, 0.15) is 42.1 Å². The van der Waals surface area contributed by atoms with E-state index in [1.54, 1.807) is 22.8 Å². The molecule has 2 heterocycles. The average molecular weight is 411 g/mol. The highest BCUT2D eigenvalue weighted by Gasteiger charge is 2.26. The number of para-hydroxylation sites is 1. The summed E-state index contributed by atoms with van der Waals surface area (Å²) in [5.41, 5.74) is 1.77. The molecule has 0 aliphatic heterocycles. The van der Waals surface area contributed by atoms with Crippen LogP contribution in [0.2, 0.25) is 0 Å². The molecule has 1 amide bonds. The SMILES string of the molecule is CC(C(=O)Nc1ccccc1)n1c(CN(C)C)nc2sc3c(c2c1=O)CCCC3. The Bertz CT molecular complexity index is 1100. The van der Waals surface area contributed by atoms with Crippen LogP contribution in [-0.2, 0) is 24.2 Å². The molecule has 2 aromatic heterocycles. The number of rotatable bonds is 5. The molecule has 0 saturated heterocycles. The van der Waals surface area contributed by atoms with Crippen LogP contribution in [-0.4, -0.2) is 34.5 Å². The first-order valence-corrected chi connectivity index (χ1v) is 10.8. The van der Waals surface area contributed by atoms with Gasteiger partial charge in [-0.05, 0) is 64.4 Å². The number of hydrogen-bond donors (Lipinski definition) is 1. The zero-order valence-corrected chi connectivity index (χ0v) is 17.9. The zero-order chi connectivity index (χ0) is 20.5. The van der Waals surface area contributed by atoms with E-state index in [2.05, 4.69) is 5.32 Å². The predicted octanol–water partition coefficient (Wildman–Crippen LogP) is 3.60. The fourth-order valence-corrected chi connectivity index (χ4v) is 5.21. The van der Waals surface area contributed by atoms with Crippen LogP contribution in [0.15, 0.2) is 35.1 Å². The number of thiophene rings is 1. The van der Waals surface area contributed by atoms with E-state index in [1.165, 1.54) is 4.88 Å². The minimum Gasteiger partial charge on any atom is -0.324 e. The minimum atomic E-state index is -0.659. The molecule has 1 N–H and O–H groups in total. The molecule has 4 rings (SSSR count). The van der Waals surface area contributed by atoms with Gasteiger partial charge in [0.1, 0.15) is 16.7 Å². The Balaban J connectivity index is 1.81. The molecule has 6 nitrogen and oxygen atoms in total. The Hall–Kier alpha value is -2.51. The molecule has 0 spiro atoms. The van der Waals surface area contributed by atoms with Crippen LogP contribution in [0.4, 0.5) is 5.69 Å². The van der Waals surface area contributed by atoms with Crippen molar-refractivity contribution in [2.24, 2.45) is 0 Å². The lowest BCUT2D eigenvalue weighted by atomic mass is 9.97. The smallest absolute Gasteiger partial charge is 0.263 e. The number of hydrogen-bond acceptors (Lipinski definition) is 5. The van der Waals surface area contributed by atoms with Crippen molar-refractivity contribution in [1.82, 2.24) is 14.5 Å². The van der Waals surface area contributed by atoms with Gasteiger partial charge in [0.25, 0.3) is 5.56 Å². The lowest BCUT2D eigenvalue weighted by Crippen LogP contribution is -2.36. The van der Waals surface area contributed by atoms with Gasteiger partial charge in [-0.25, -0.2) is 4.98 Å². The maximum Gasteiger partial charge on any atom is 0.263 e. The summed E-state index contributed by atoms with van der Waals surface area (Å²) in [5.74, 6) is 0.408. The number of carbonyl (C=O) groups excluding carboxylic acids is 1. The number of aromatic nitrogens is 2. The van der Waals surface area contributed by atoms with E-state index in [4.69, 9.17) is 4.98 Å². The van der Waals surface area contributed by atoms with Crippen LogP contribution >= 0.6 is 11.3 Å². The third-order valence-corrected chi connectivity index (χ3v) is 6.55. The summed E-state index contributed by atoms with van der Waals surface area (Å²) in [4.78, 5) is 35.5. The molecule has 29 heavy (non-hydrogen) atoms. The summed E-state index contributed by atoms with van der Waals surface area (Å²) in [6.45, 7) is 2.27. The lowest BCUT2D eigenvalue weighted by Gasteiger charge is -2.21. The van der Waals surface area contributed by atoms with E-state index >= 15 is 0 Å². The molecular formula is C22H26N4O2S. The zero-order valence-electron chi connectivity index (χ0n) is 17.1. The number of nitrogens with zero attached hydrogens (tertiary/aromatic N) is 3. The van der Waals surface area contributed by atoms with Gasteiger partial charge in [-0.3, -0.25) is 14.2 Å². The summed E-state index contributed by atoms with van der Waals surface area (Å²) >= 11 is 1.64. The van der Waals surface area contributed by atoms with Crippen molar-refractivity contribution in [1.29, 1.82) is 0 Å². The normalized spacial score (nSPS) is 14.8. The Labute approximate surface area is 174 Å². The number of benzene rings is 1. The van der Waals surface area contributed by atoms with Crippen molar-refractivity contribution in [2.75, 3.05) is 19.4 Å². The molecule has 1 aromatic carbocycles. The van der Waals surface area contributed by atoms with Crippen molar-refractivity contribution in [2.45, 2.75) is 45.2 Å². The highest BCUT2D eigenvalue weighted by molar-refractivity contribution is 7.18. The van der Waals surface area contributed by atoms with Crippen LogP contribution < -0.4 is 10.9 Å². The second-order valence-corrected chi connectivity index (χ2v) is 8.95. The molecular weight excluding hydrogens is 384 g/mol. The van der Waals surface area contributed by atoms with E-state index in [1.807, 2.05) is 49.3 Å². The van der Waals surface area contributed by atoms with Crippen molar-refractivity contribution in [3.05, 3.63) is 57.0 Å². The number of anilines is 1. The van der Waals surface area contributed by atoms with Crippen molar-refractivity contribution in [3.63, 3.8) is 0 Å². The highest BCUT2D eigenvalue weighted by Crippen LogP contribution is 2.34. The molecule has 0 bridgehead atoms. The molecule has 1 aliphatic carbocycles. The van der Waals surface area contributed by atoms with E-state index in [9.17, 15) is 9.59 Å². The summed E-state index contributed by atoms with van der Waals surface area (Å²) in [5, 5.41) is 3.63. The number of amides is 1. The fraction of sp³-hybridized carbons (Fsp3) is 0.409. The Morgan fingerprint density at radius 1 is 1.24 bits per heavy atom. The quantitative estimate of drug-likeness (QED) is 0.698. The number of aryl methyl sites for hydroxylation is 2. The lowest BCUT2D eigenvalue weighted by molar-refractivity contribution is -0.119. The first kappa shape index (κ1) is 19.8. The average Bonchev–Trinajstić information content (AvgIpc) is 3.06. The molecule has 3 aromatic rings. The first-order chi connectivity index (χ1) is 14.0. The number of carbonyl (C=O) groups is 1. The van der Waals surface area contributed by atoms with Gasteiger partial charge in [-0.2, -0.15) is 0 Å². The molecule has 1 atom stereocenters. The third-order valence-electron chi connectivity index (χ3n) is 5.36. The molecule has 0 fully saturated rings. The minimum absolute atomic E-state index is 0.0954. The van der Waals surface area contributed by atoms with Gasteiger partial charge in [0.2, 0.25) is 5.91 Å². The van der Waals surface area contributed by atoms with Crippen molar-refractivity contribution < 1.29 is 4.79 Å². The highest BCUT2D eigenvalue weighted by atomic mass is 32.1. The summed E-state index contributed by atoms with van der Waals surface area (Å²) in [7, 11) is 3.88. The third kappa shape index (κ3) is 3.84. The molecule has 7 heteroatoms. The summed E-state index contributed by atoms with van der Waals surface area (Å²) < 4.78 is 1.59. The van der Waals surface area contributed by atoms with Gasteiger partial charge in [-0.1, -0.05) is 18.2 Å². The fourth-order valence-electron chi connectivity index (χ4n) is 3.94. The monoisotopic (exact) mass is 410 g/mol. The number of nitrogens with one attached hydrogen (secondary N) is 1. The second kappa shape index (κ2) is 8.08. The molecule has 1 unspecified atom stereocenters. The van der Waals surface area contributed by atoms with Gasteiger partial charge in [-0.15, -0.1) is 11.3 Å². The molecule has 152 valence electrons. The van der Waals surface area contributed by atoms with Gasteiger partial charge in [0.15, 0.2) is 0 Å². The van der Waals surface area contributed by atoms with E-state index in [0.29, 0.717) is 23.4 Å². The standard InChI is InChI=1S/C22H26N4O2S/c1-14(20(27)23-15-9-5-4-6-10-15)26-18(13-25(2)3)24-21-19(22(26)28)16-11-7-8-12-17(16)29-21/h4-6,9-10,14H,7-8,11-13H2,1-3H3,(H,23,27). The van der Waals surface area contributed by atoms with Gasteiger partial charge >= 0.3 is 0 Å². The van der Waals surface area contributed by atoms with Crippen LogP contribution in [0.25, 0.3) is 10.2 Å². The maximum atomic E-state index is 13.6. The van der Waals surface area contributed by atoms with Gasteiger partial charge in [0.05, 0.1) is 11.9 Å². The predicted molar refractivity (Wildman–Crippen MR) is 118 cm³/mol. The number of fused-ring (bicyclic) bond motifs is 3. The second-order valence-electron chi connectivity index (χ2n) is 7.86. The van der Waals surface area contributed by atoms with E-state index < -0.39 is 6.04 Å². The van der Waals surface area contributed by atoms with Gasteiger partial charge in [0, 0.05) is 10.6 Å². The summed E-state index contributed by atoms with van der Waals surface area (Å²) in [6.07, 6.45) is 4.20. The largest absolute Gasteiger partial charge is 0.324 e. The van der Waals surface area contributed by atoms with Crippen LogP contribution in [0, 0.1) is 0 Å². The molecule has 0 radical (unpaired) electrons. The van der Waals surface area contributed by atoms with Crippen molar-refractivity contribution >= 4 is 33.1 Å². The van der Waals surface area contributed by atoms with Crippen molar-refractivity contribution in [3.8, 4) is 0 Å². The van der Waals surface area contributed by atoms with E-state index in [0.717, 1.165) is 36.1 Å². The molecule has 1 aliphatic rings. The Kier molecular flexibility index (Phi) is 5.52. The topological polar surface area (TPSA) is 67.2 Å². The summed E-state index contributed by atoms with van der Waals surface area (Å²) in [6, 6.07) is 8.66. The Morgan fingerprint density at radius 3 is 2.69 bits per heavy atom. The van der Waals surface area contributed by atoms with E-state index in [-0.39, 0.29) is 11.5 Å². The van der Waals surface area contributed by atoms with Gasteiger partial charge < -0.3 is 10.2 Å². The first-order valence-electron chi connectivity index (χ1n) is 10.0. The van der Waals surface area contributed by atoms with Crippen LogP contribution in [0.3, 0.4) is 0 Å². The van der Waals surface area contributed by atoms with Crippen LogP contribution in [0.5, 0.6) is 0 Å². The molecule has 0 saturated carbocycles.